The minimum absolute atomic E-state index is 0. The minimum atomic E-state index is -1.17. The van der Waals surface area contributed by atoms with E-state index in [1.165, 1.54) is 27.8 Å². The number of ether oxygens (including phenoxy) is 3. The van der Waals surface area contributed by atoms with Gasteiger partial charge < -0.3 is 27.8 Å². The molecule has 0 aromatic heterocycles. The molecule has 0 amide bonds. The zero-order chi connectivity index (χ0) is 42.3. The van der Waals surface area contributed by atoms with Crippen LogP contribution in [0.1, 0.15) is 173 Å². The van der Waals surface area contributed by atoms with Gasteiger partial charge in [-0.25, -0.2) is 0 Å². The second-order valence-corrected chi connectivity index (χ2v) is 23.9. The van der Waals surface area contributed by atoms with Crippen molar-refractivity contribution in [1.82, 2.24) is 0 Å². The van der Waals surface area contributed by atoms with Crippen LogP contribution in [0, 0.1) is 5.41 Å². The molecule has 1 unspecified atom stereocenters. The lowest BCUT2D eigenvalue weighted by Crippen LogP contribution is -2.50. The van der Waals surface area contributed by atoms with E-state index in [0.29, 0.717) is 26.4 Å². The first kappa shape index (κ1) is 52.1. The van der Waals surface area contributed by atoms with E-state index in [-0.39, 0.29) is 52.8 Å². The van der Waals surface area contributed by atoms with Gasteiger partial charge in [0, 0.05) is 16.4 Å². The van der Waals surface area contributed by atoms with Crippen molar-refractivity contribution in [3.63, 3.8) is 0 Å². The summed E-state index contributed by atoms with van der Waals surface area (Å²) in [6.45, 7) is 41.4. The summed E-state index contributed by atoms with van der Waals surface area (Å²) in [5.41, 5.74) is 7.66. The Bertz CT molecular complexity index is 1770. The summed E-state index contributed by atoms with van der Waals surface area (Å²) < 4.78 is 36.7. The van der Waals surface area contributed by atoms with E-state index in [1.807, 2.05) is 0 Å². The van der Waals surface area contributed by atoms with Gasteiger partial charge in [0.05, 0.1) is 41.3 Å². The van der Waals surface area contributed by atoms with Gasteiger partial charge in [-0.3, -0.25) is 0 Å². The molecule has 6 nitrogen and oxygen atoms in total. The molecule has 2 fully saturated rings. The standard InChI is InChI=1S/C34H51O5P.C14H23OP.2CH4/c1-30(2,3)23-13-15-27(25(17-23)32(7,8)9)39-29-35-19-34(20-36-29)21-37-40(38-22-34)28-16-14-24(31(4,5)6)18-26(28)33(10,11)12;1-13(2,3)10-7-8-12(15-16)11(9-10)14(4,5)6;;/h13-18,29H,19-22H2,1-12H3;7-9H,16H2,1-6H3;2*1H4. The van der Waals surface area contributed by atoms with Crippen LogP contribution in [0.15, 0.2) is 54.6 Å². The number of benzene rings is 3. The van der Waals surface area contributed by atoms with Crippen molar-refractivity contribution >= 4 is 23.1 Å². The van der Waals surface area contributed by atoms with Crippen molar-refractivity contribution in [2.75, 3.05) is 26.4 Å². The van der Waals surface area contributed by atoms with Gasteiger partial charge in [0.1, 0.15) is 11.5 Å². The predicted octanol–water partition coefficient (Wildman–Crippen LogP) is 14.0. The highest BCUT2D eigenvalue weighted by molar-refractivity contribution is 7.56. The number of hydrogen-bond donors (Lipinski definition) is 0. The Morgan fingerprint density at radius 2 is 0.862 bits per heavy atom. The molecule has 0 N–H and O–H groups in total. The third-order valence-electron chi connectivity index (χ3n) is 10.6. The molecule has 1 spiro atoms. The summed E-state index contributed by atoms with van der Waals surface area (Å²) in [6, 6.07) is 19.7. The zero-order valence-electron chi connectivity index (χ0n) is 38.1. The van der Waals surface area contributed by atoms with Crippen LogP contribution in [0.4, 0.5) is 0 Å². The van der Waals surface area contributed by atoms with Gasteiger partial charge >= 0.3 is 6.48 Å². The fourth-order valence-electron chi connectivity index (χ4n) is 6.66. The highest BCUT2D eigenvalue weighted by Crippen LogP contribution is 2.49. The average Bonchev–Trinajstić information content (AvgIpc) is 3.07. The normalized spacial score (nSPS) is 20.6. The van der Waals surface area contributed by atoms with Gasteiger partial charge in [0.15, 0.2) is 0 Å². The van der Waals surface area contributed by atoms with Crippen molar-refractivity contribution in [2.24, 2.45) is 5.41 Å². The third kappa shape index (κ3) is 13.2. The molecular weight excluding hydrogens is 758 g/mol. The molecule has 1 atom stereocenters. The lowest BCUT2D eigenvalue weighted by molar-refractivity contribution is -0.315. The van der Waals surface area contributed by atoms with Gasteiger partial charge in [-0.15, -0.1) is 0 Å². The van der Waals surface area contributed by atoms with Gasteiger partial charge in [0.25, 0.3) is 0 Å². The zero-order valence-corrected chi connectivity index (χ0v) is 40.1. The van der Waals surface area contributed by atoms with Crippen LogP contribution in [0.3, 0.4) is 0 Å². The van der Waals surface area contributed by atoms with E-state index in [9.17, 15) is 0 Å². The fourth-order valence-corrected chi connectivity index (χ4v) is 8.79. The van der Waals surface area contributed by atoms with Gasteiger partial charge in [0.2, 0.25) is 8.38 Å². The fraction of sp³-hybridized carbons (Fsp3) is 0.640. The maximum Gasteiger partial charge on any atom is 0.315 e. The highest BCUT2D eigenvalue weighted by atomic mass is 31.2. The quantitative estimate of drug-likeness (QED) is 0.244. The molecule has 8 heteroatoms. The number of rotatable bonds is 4. The van der Waals surface area contributed by atoms with Gasteiger partial charge in [-0.1, -0.05) is 176 Å². The Hall–Kier alpha value is -2.04. The van der Waals surface area contributed by atoms with E-state index in [2.05, 4.69) is 189 Å². The molecular formula is C50H82O6P2. The van der Waals surface area contributed by atoms with E-state index in [4.69, 9.17) is 27.8 Å². The van der Waals surface area contributed by atoms with Gasteiger partial charge in [-0.05, 0) is 72.9 Å². The molecule has 0 bridgehead atoms. The van der Waals surface area contributed by atoms with Crippen molar-refractivity contribution in [2.45, 2.75) is 178 Å². The monoisotopic (exact) mass is 841 g/mol. The summed E-state index contributed by atoms with van der Waals surface area (Å²) in [5, 5.41) is 1.16. The Labute approximate surface area is 359 Å². The van der Waals surface area contributed by atoms with Crippen LogP contribution in [-0.2, 0) is 51.0 Å². The summed E-state index contributed by atoms with van der Waals surface area (Å²) in [4.78, 5) is 0. The minimum Gasteiger partial charge on any atom is -0.480 e. The Kier molecular flexibility index (Phi) is 17.0. The van der Waals surface area contributed by atoms with E-state index < -0.39 is 14.9 Å². The summed E-state index contributed by atoms with van der Waals surface area (Å²) in [6.07, 6.45) is 0. The molecule has 328 valence electrons. The average molecular weight is 841 g/mol. The first-order valence-corrected chi connectivity index (χ1v) is 21.9. The number of hydrogen-bond acceptors (Lipinski definition) is 6. The molecule has 3 aromatic carbocycles. The summed E-state index contributed by atoms with van der Waals surface area (Å²) >= 11 is 0. The van der Waals surface area contributed by atoms with E-state index in [1.54, 1.807) is 0 Å². The van der Waals surface area contributed by atoms with Crippen LogP contribution in [-0.4, -0.2) is 32.9 Å². The molecule has 2 saturated heterocycles. The van der Waals surface area contributed by atoms with Crippen LogP contribution >= 0.6 is 17.8 Å². The first-order chi connectivity index (χ1) is 25.4. The van der Waals surface area contributed by atoms with Crippen LogP contribution < -0.4 is 14.6 Å². The topological polar surface area (TPSA) is 55.4 Å². The molecule has 0 saturated carbocycles. The molecule has 5 rings (SSSR count). The van der Waals surface area contributed by atoms with Crippen LogP contribution in [0.2, 0.25) is 0 Å². The Balaban J connectivity index is 0.000000545. The SMILES string of the molecule is C.C.CC(C)(C)c1ccc(OC2OCC3(CO2)COP(c2ccc(C(C)(C)C)cc2C(C)(C)C)OC3)c(C(C)(C)C)c1.CC(C)(C)c1ccc(OP)c(C(C)(C)C)c1. The molecule has 2 aliphatic rings. The molecule has 2 heterocycles. The van der Waals surface area contributed by atoms with Crippen LogP contribution in [0.5, 0.6) is 11.5 Å². The predicted molar refractivity (Wildman–Crippen MR) is 253 cm³/mol. The molecule has 2 aliphatic heterocycles. The van der Waals surface area contributed by atoms with Crippen molar-refractivity contribution in [3.8, 4) is 11.5 Å². The van der Waals surface area contributed by atoms with Gasteiger partial charge in [-0.2, -0.15) is 0 Å². The van der Waals surface area contributed by atoms with Crippen LogP contribution in [0.25, 0.3) is 0 Å². The molecule has 0 radical (unpaired) electrons. The molecule has 58 heavy (non-hydrogen) atoms. The highest BCUT2D eigenvalue weighted by Gasteiger charge is 2.44. The molecule has 3 aromatic rings. The second kappa shape index (κ2) is 18.9. The first-order valence-electron chi connectivity index (χ1n) is 20.2. The smallest absolute Gasteiger partial charge is 0.315 e. The summed E-state index contributed by atoms with van der Waals surface area (Å²) in [5.74, 6) is 1.75. The summed E-state index contributed by atoms with van der Waals surface area (Å²) in [7, 11) is 1.16. The maximum absolute atomic E-state index is 6.42. The van der Waals surface area contributed by atoms with Crippen molar-refractivity contribution in [1.29, 1.82) is 0 Å². The second-order valence-electron chi connectivity index (χ2n) is 22.1. The Morgan fingerprint density at radius 1 is 0.500 bits per heavy atom. The third-order valence-corrected chi connectivity index (χ3v) is 12.3. The lowest BCUT2D eigenvalue weighted by Gasteiger charge is -2.43. The van der Waals surface area contributed by atoms with E-state index in [0.717, 1.165) is 22.4 Å². The lowest BCUT2D eigenvalue weighted by atomic mass is 9.80. The Morgan fingerprint density at radius 3 is 1.24 bits per heavy atom. The van der Waals surface area contributed by atoms with Crippen molar-refractivity contribution in [3.05, 3.63) is 88.0 Å². The molecule has 0 aliphatic carbocycles. The maximum atomic E-state index is 6.42. The van der Waals surface area contributed by atoms with Crippen molar-refractivity contribution < 1.29 is 27.8 Å². The van der Waals surface area contributed by atoms with E-state index >= 15 is 0 Å². The largest absolute Gasteiger partial charge is 0.480 e.